The fourth-order valence-electron chi connectivity index (χ4n) is 4.60. The average molecular weight is 488 g/mol. The monoisotopic (exact) mass is 487 g/mol. The standard InChI is InChI=1S/C29H38F3N2O/c1-2-3-4-5-6-7-8-23-9-13-26(14-10-23)28(35)34-19-17-25(18-20-34)22-33-21-24-11-15-27(16-12-24)29(30,31)32/h9-16,25H,2-8,17-22H2,1H3. The Morgan fingerprint density at radius 1 is 0.886 bits per heavy atom. The minimum Gasteiger partial charge on any atom is -0.339 e. The summed E-state index contributed by atoms with van der Waals surface area (Å²) in [6.07, 6.45) is 6.27. The molecule has 1 aliphatic rings. The number of piperidine rings is 1. The molecule has 1 amide bonds. The van der Waals surface area contributed by atoms with Crippen LogP contribution in [0.1, 0.15) is 85.3 Å². The van der Waals surface area contributed by atoms with Gasteiger partial charge in [0.2, 0.25) is 0 Å². The molecule has 1 heterocycles. The molecule has 0 spiro atoms. The van der Waals surface area contributed by atoms with Gasteiger partial charge in [-0.25, -0.2) is 5.32 Å². The molecular weight excluding hydrogens is 449 g/mol. The lowest BCUT2D eigenvalue weighted by atomic mass is 9.96. The van der Waals surface area contributed by atoms with Crippen LogP contribution in [-0.2, 0) is 19.1 Å². The number of carbonyl (C=O) groups excluding carboxylic acids is 1. The highest BCUT2D eigenvalue weighted by Gasteiger charge is 2.30. The molecule has 35 heavy (non-hydrogen) atoms. The number of nitrogens with zero attached hydrogens (tertiary/aromatic N) is 2. The number of hydrogen-bond donors (Lipinski definition) is 0. The summed E-state index contributed by atoms with van der Waals surface area (Å²) in [6.45, 7) is 4.77. The Morgan fingerprint density at radius 2 is 1.49 bits per heavy atom. The number of alkyl halides is 3. The van der Waals surface area contributed by atoms with E-state index in [1.807, 2.05) is 17.0 Å². The Kier molecular flexibility index (Phi) is 10.6. The smallest absolute Gasteiger partial charge is 0.339 e. The van der Waals surface area contributed by atoms with Crippen LogP contribution in [0.4, 0.5) is 13.2 Å². The first kappa shape index (κ1) is 27.3. The second-order valence-electron chi connectivity index (χ2n) is 9.71. The Labute approximate surface area is 208 Å². The molecule has 0 aromatic heterocycles. The molecule has 2 aromatic rings. The average Bonchev–Trinajstić information content (AvgIpc) is 2.86. The number of likely N-dealkylation sites (tertiary alicyclic amines) is 1. The van der Waals surface area contributed by atoms with E-state index in [9.17, 15) is 18.0 Å². The summed E-state index contributed by atoms with van der Waals surface area (Å²) in [5, 5.41) is 4.56. The Balaban J connectivity index is 1.34. The first-order chi connectivity index (χ1) is 16.9. The molecule has 3 rings (SSSR count). The van der Waals surface area contributed by atoms with Gasteiger partial charge < -0.3 is 4.90 Å². The second kappa shape index (κ2) is 13.7. The number of halogens is 3. The van der Waals surface area contributed by atoms with Crippen molar-refractivity contribution in [1.29, 1.82) is 0 Å². The van der Waals surface area contributed by atoms with Crippen molar-refractivity contribution >= 4 is 5.91 Å². The molecule has 0 N–H and O–H groups in total. The van der Waals surface area contributed by atoms with E-state index < -0.39 is 11.7 Å². The molecule has 6 heteroatoms. The van der Waals surface area contributed by atoms with Gasteiger partial charge in [0, 0.05) is 31.7 Å². The van der Waals surface area contributed by atoms with Gasteiger partial charge in [-0.05, 0) is 67.0 Å². The number of carbonyl (C=O) groups is 1. The van der Waals surface area contributed by atoms with Gasteiger partial charge in [0.25, 0.3) is 5.91 Å². The molecule has 1 fully saturated rings. The van der Waals surface area contributed by atoms with Gasteiger partial charge in [-0.15, -0.1) is 0 Å². The first-order valence-electron chi connectivity index (χ1n) is 13.0. The molecule has 0 aliphatic carbocycles. The zero-order valence-electron chi connectivity index (χ0n) is 20.8. The fraction of sp³-hybridized carbons (Fsp3) is 0.552. The topological polar surface area (TPSA) is 34.4 Å². The van der Waals surface area contributed by atoms with Crippen LogP contribution >= 0.6 is 0 Å². The molecule has 191 valence electrons. The normalized spacial score (nSPS) is 14.9. The van der Waals surface area contributed by atoms with Crippen molar-refractivity contribution < 1.29 is 18.0 Å². The number of hydrogen-bond acceptors (Lipinski definition) is 1. The summed E-state index contributed by atoms with van der Waals surface area (Å²) < 4.78 is 38.0. The lowest BCUT2D eigenvalue weighted by molar-refractivity contribution is -0.137. The van der Waals surface area contributed by atoms with Crippen molar-refractivity contribution in [1.82, 2.24) is 10.2 Å². The molecule has 1 radical (unpaired) electrons. The third-order valence-electron chi connectivity index (χ3n) is 6.88. The third-order valence-corrected chi connectivity index (χ3v) is 6.88. The van der Waals surface area contributed by atoms with Crippen molar-refractivity contribution in [2.24, 2.45) is 5.92 Å². The molecule has 0 atom stereocenters. The molecule has 0 unspecified atom stereocenters. The van der Waals surface area contributed by atoms with Crippen molar-refractivity contribution in [3.05, 3.63) is 70.8 Å². The summed E-state index contributed by atoms with van der Waals surface area (Å²) in [5.41, 5.74) is 2.20. The number of benzene rings is 2. The first-order valence-corrected chi connectivity index (χ1v) is 13.0. The Bertz CT molecular complexity index is 886. The van der Waals surface area contributed by atoms with Crippen LogP contribution < -0.4 is 5.32 Å². The zero-order valence-corrected chi connectivity index (χ0v) is 20.8. The maximum atomic E-state index is 12.9. The lowest BCUT2D eigenvalue weighted by Gasteiger charge is -2.32. The Morgan fingerprint density at radius 3 is 2.11 bits per heavy atom. The van der Waals surface area contributed by atoms with E-state index in [1.54, 1.807) is 0 Å². The molecule has 0 bridgehead atoms. The Hall–Kier alpha value is -2.34. The molecule has 2 aromatic carbocycles. The van der Waals surface area contributed by atoms with E-state index in [0.29, 0.717) is 19.0 Å². The predicted octanol–water partition coefficient (Wildman–Crippen LogP) is 7.27. The van der Waals surface area contributed by atoms with Crippen LogP contribution in [0.2, 0.25) is 0 Å². The second-order valence-corrected chi connectivity index (χ2v) is 9.71. The minimum absolute atomic E-state index is 0.0938. The molecule has 0 saturated carbocycles. The summed E-state index contributed by atoms with van der Waals surface area (Å²) in [5.74, 6) is 0.504. The molecule has 1 aliphatic heterocycles. The lowest BCUT2D eigenvalue weighted by Crippen LogP contribution is -2.40. The summed E-state index contributed by atoms with van der Waals surface area (Å²) in [4.78, 5) is 14.8. The van der Waals surface area contributed by atoms with E-state index in [0.717, 1.165) is 55.6 Å². The van der Waals surface area contributed by atoms with E-state index in [1.165, 1.54) is 56.2 Å². The highest BCUT2D eigenvalue weighted by molar-refractivity contribution is 5.94. The highest BCUT2D eigenvalue weighted by atomic mass is 19.4. The summed E-state index contributed by atoms with van der Waals surface area (Å²) in [7, 11) is 0. The maximum absolute atomic E-state index is 12.9. The number of amides is 1. The van der Waals surface area contributed by atoms with Gasteiger partial charge in [0.15, 0.2) is 0 Å². The van der Waals surface area contributed by atoms with Crippen LogP contribution in [0, 0.1) is 5.92 Å². The van der Waals surface area contributed by atoms with Crippen LogP contribution in [0.25, 0.3) is 0 Å². The van der Waals surface area contributed by atoms with Crippen LogP contribution in [0.5, 0.6) is 0 Å². The van der Waals surface area contributed by atoms with Crippen molar-refractivity contribution in [3.63, 3.8) is 0 Å². The SMILES string of the molecule is CCCCCCCCc1ccc(C(=O)N2CCC(C[N]Cc3ccc(C(F)(F)F)cc3)CC2)cc1. The van der Waals surface area contributed by atoms with E-state index in [2.05, 4.69) is 24.4 Å². The largest absolute Gasteiger partial charge is 0.416 e. The van der Waals surface area contributed by atoms with Gasteiger partial charge in [-0.2, -0.15) is 13.2 Å². The number of unbranched alkanes of at least 4 members (excludes halogenated alkanes) is 5. The van der Waals surface area contributed by atoms with E-state index in [4.69, 9.17) is 0 Å². The van der Waals surface area contributed by atoms with Gasteiger partial charge in [-0.3, -0.25) is 4.79 Å². The summed E-state index contributed by atoms with van der Waals surface area (Å²) >= 11 is 0. The predicted molar refractivity (Wildman–Crippen MR) is 134 cm³/mol. The van der Waals surface area contributed by atoms with Crippen LogP contribution in [0.3, 0.4) is 0 Å². The molecule has 1 saturated heterocycles. The zero-order chi connectivity index (χ0) is 25.1. The number of rotatable bonds is 12. The highest BCUT2D eigenvalue weighted by Crippen LogP contribution is 2.29. The van der Waals surface area contributed by atoms with Crippen LogP contribution in [-0.4, -0.2) is 30.4 Å². The summed E-state index contributed by atoms with van der Waals surface area (Å²) in [6, 6.07) is 13.3. The fourth-order valence-corrected chi connectivity index (χ4v) is 4.60. The van der Waals surface area contributed by atoms with Crippen molar-refractivity contribution in [3.8, 4) is 0 Å². The van der Waals surface area contributed by atoms with Gasteiger partial charge in [0.05, 0.1) is 5.56 Å². The van der Waals surface area contributed by atoms with Crippen molar-refractivity contribution in [2.45, 2.75) is 77.4 Å². The minimum atomic E-state index is -4.31. The molecular formula is C29H38F3N2O. The van der Waals surface area contributed by atoms with Gasteiger partial charge in [-0.1, -0.05) is 63.3 Å². The van der Waals surface area contributed by atoms with E-state index in [-0.39, 0.29) is 5.91 Å². The van der Waals surface area contributed by atoms with Crippen molar-refractivity contribution in [2.75, 3.05) is 19.6 Å². The maximum Gasteiger partial charge on any atom is 0.416 e. The molecule has 3 nitrogen and oxygen atoms in total. The third kappa shape index (κ3) is 8.99. The van der Waals surface area contributed by atoms with E-state index >= 15 is 0 Å². The van der Waals surface area contributed by atoms with Gasteiger partial charge in [0.1, 0.15) is 0 Å². The van der Waals surface area contributed by atoms with Gasteiger partial charge >= 0.3 is 6.18 Å². The van der Waals surface area contributed by atoms with Crippen LogP contribution in [0.15, 0.2) is 48.5 Å². The number of aryl methyl sites for hydroxylation is 1. The quantitative estimate of drug-likeness (QED) is 0.290.